The molecule has 0 saturated heterocycles. The number of halogens is 1. The standard InChI is InChI=1S/C9H10BrN3S/c1-13-9(4-5-12-13)11-6-7-2-3-8(10)14-7/h2-5,11H,6H2,1H3. The van der Waals surface area contributed by atoms with Gasteiger partial charge in [-0.25, -0.2) is 0 Å². The van der Waals surface area contributed by atoms with Gasteiger partial charge in [-0.1, -0.05) is 0 Å². The molecular weight excluding hydrogens is 262 g/mol. The molecule has 0 fully saturated rings. The van der Waals surface area contributed by atoms with Gasteiger partial charge in [0.2, 0.25) is 0 Å². The van der Waals surface area contributed by atoms with E-state index in [1.165, 1.54) is 8.66 Å². The molecule has 0 bridgehead atoms. The summed E-state index contributed by atoms with van der Waals surface area (Å²) in [7, 11) is 1.92. The second-order valence-corrected chi connectivity index (χ2v) is 5.45. The first-order valence-corrected chi connectivity index (χ1v) is 5.83. The van der Waals surface area contributed by atoms with Crippen molar-refractivity contribution in [3.63, 3.8) is 0 Å². The highest BCUT2D eigenvalue weighted by Gasteiger charge is 1.99. The van der Waals surface area contributed by atoms with Crippen molar-refractivity contribution in [2.24, 2.45) is 7.05 Å². The lowest BCUT2D eigenvalue weighted by Crippen LogP contribution is -2.03. The molecule has 2 aromatic rings. The Hall–Kier alpha value is -0.810. The molecule has 0 aromatic carbocycles. The number of anilines is 1. The van der Waals surface area contributed by atoms with Crippen molar-refractivity contribution in [1.82, 2.24) is 9.78 Å². The fourth-order valence-electron chi connectivity index (χ4n) is 1.17. The van der Waals surface area contributed by atoms with E-state index in [2.05, 4.69) is 38.5 Å². The lowest BCUT2D eigenvalue weighted by atomic mass is 10.4. The first kappa shape index (κ1) is 9.73. The molecule has 5 heteroatoms. The van der Waals surface area contributed by atoms with E-state index in [9.17, 15) is 0 Å². The molecule has 0 spiro atoms. The molecule has 0 amide bonds. The van der Waals surface area contributed by atoms with Gasteiger partial charge in [0, 0.05) is 18.0 Å². The van der Waals surface area contributed by atoms with Crippen LogP contribution in [0.4, 0.5) is 5.82 Å². The zero-order chi connectivity index (χ0) is 9.97. The number of nitrogens with zero attached hydrogens (tertiary/aromatic N) is 2. The Labute approximate surface area is 94.9 Å². The van der Waals surface area contributed by atoms with E-state index in [-0.39, 0.29) is 0 Å². The van der Waals surface area contributed by atoms with Crippen LogP contribution in [-0.2, 0) is 13.6 Å². The molecule has 2 heterocycles. The molecule has 0 aliphatic heterocycles. The highest BCUT2D eigenvalue weighted by Crippen LogP contribution is 2.22. The summed E-state index contributed by atoms with van der Waals surface area (Å²) in [6.07, 6.45) is 1.78. The maximum Gasteiger partial charge on any atom is 0.124 e. The Bertz CT molecular complexity index is 421. The van der Waals surface area contributed by atoms with E-state index in [0.717, 1.165) is 12.4 Å². The smallest absolute Gasteiger partial charge is 0.124 e. The molecule has 3 nitrogen and oxygen atoms in total. The summed E-state index contributed by atoms with van der Waals surface area (Å²) in [4.78, 5) is 1.30. The van der Waals surface area contributed by atoms with Gasteiger partial charge in [0.1, 0.15) is 5.82 Å². The van der Waals surface area contributed by atoms with Crippen LogP contribution in [-0.4, -0.2) is 9.78 Å². The minimum Gasteiger partial charge on any atom is -0.365 e. The molecule has 2 rings (SSSR count). The maximum atomic E-state index is 4.08. The number of rotatable bonds is 3. The Kier molecular flexibility index (Phi) is 2.88. The molecule has 0 atom stereocenters. The summed E-state index contributed by atoms with van der Waals surface area (Å²) < 4.78 is 2.99. The van der Waals surface area contributed by atoms with E-state index in [0.29, 0.717) is 0 Å². The Morgan fingerprint density at radius 2 is 2.36 bits per heavy atom. The third-order valence-electron chi connectivity index (χ3n) is 1.89. The number of thiophene rings is 1. The molecule has 0 aliphatic rings. The third-order valence-corrected chi connectivity index (χ3v) is 3.52. The van der Waals surface area contributed by atoms with Crippen LogP contribution in [0.15, 0.2) is 28.2 Å². The average molecular weight is 272 g/mol. The fraction of sp³-hybridized carbons (Fsp3) is 0.222. The van der Waals surface area contributed by atoms with Gasteiger partial charge in [-0.3, -0.25) is 4.68 Å². The highest BCUT2D eigenvalue weighted by molar-refractivity contribution is 9.11. The summed E-state index contributed by atoms with van der Waals surface area (Å²) in [5, 5.41) is 7.40. The Morgan fingerprint density at radius 3 is 2.93 bits per heavy atom. The molecular formula is C9H10BrN3S. The van der Waals surface area contributed by atoms with Crippen molar-refractivity contribution < 1.29 is 0 Å². The minimum atomic E-state index is 0.843. The monoisotopic (exact) mass is 271 g/mol. The fourth-order valence-corrected chi connectivity index (χ4v) is 2.59. The van der Waals surface area contributed by atoms with Crippen LogP contribution in [0.3, 0.4) is 0 Å². The van der Waals surface area contributed by atoms with E-state index in [1.807, 2.05) is 17.8 Å². The number of aromatic nitrogens is 2. The summed E-state index contributed by atoms with van der Waals surface area (Å²) in [6, 6.07) is 6.13. The van der Waals surface area contributed by atoms with Gasteiger partial charge in [-0.15, -0.1) is 11.3 Å². The Balaban J connectivity index is 1.98. The van der Waals surface area contributed by atoms with Crippen molar-refractivity contribution in [2.75, 3.05) is 5.32 Å². The van der Waals surface area contributed by atoms with Crippen LogP contribution in [0.1, 0.15) is 4.88 Å². The Morgan fingerprint density at radius 1 is 1.50 bits per heavy atom. The second kappa shape index (κ2) is 4.14. The number of aryl methyl sites for hydroxylation is 1. The summed E-state index contributed by atoms with van der Waals surface area (Å²) in [5.74, 6) is 1.04. The first-order valence-electron chi connectivity index (χ1n) is 4.22. The van der Waals surface area contributed by atoms with Gasteiger partial charge in [0.25, 0.3) is 0 Å². The topological polar surface area (TPSA) is 29.9 Å². The number of hydrogen-bond acceptors (Lipinski definition) is 3. The SMILES string of the molecule is Cn1nccc1NCc1ccc(Br)s1. The van der Waals surface area contributed by atoms with Crippen LogP contribution < -0.4 is 5.32 Å². The van der Waals surface area contributed by atoms with Crippen LogP contribution in [0.2, 0.25) is 0 Å². The van der Waals surface area contributed by atoms with Gasteiger partial charge in [0.05, 0.1) is 16.5 Å². The average Bonchev–Trinajstić information content (AvgIpc) is 2.72. The minimum absolute atomic E-state index is 0.843. The normalized spacial score (nSPS) is 10.4. The first-order chi connectivity index (χ1) is 6.75. The highest BCUT2D eigenvalue weighted by atomic mass is 79.9. The predicted octanol–water partition coefficient (Wildman–Crippen LogP) is 2.86. The van der Waals surface area contributed by atoms with Crippen molar-refractivity contribution in [3.8, 4) is 0 Å². The van der Waals surface area contributed by atoms with Crippen LogP contribution >= 0.6 is 27.3 Å². The molecule has 0 unspecified atom stereocenters. The van der Waals surface area contributed by atoms with Gasteiger partial charge in [-0.05, 0) is 28.1 Å². The molecule has 0 radical (unpaired) electrons. The zero-order valence-electron chi connectivity index (χ0n) is 7.70. The van der Waals surface area contributed by atoms with Gasteiger partial charge in [-0.2, -0.15) is 5.10 Å². The van der Waals surface area contributed by atoms with E-state index in [4.69, 9.17) is 0 Å². The summed E-state index contributed by atoms with van der Waals surface area (Å²) in [5.41, 5.74) is 0. The lowest BCUT2D eigenvalue weighted by molar-refractivity contribution is 0.769. The molecule has 1 N–H and O–H groups in total. The lowest BCUT2D eigenvalue weighted by Gasteiger charge is -2.03. The van der Waals surface area contributed by atoms with Crippen molar-refractivity contribution in [3.05, 3.63) is 33.1 Å². The molecule has 2 aromatic heterocycles. The molecule has 74 valence electrons. The van der Waals surface area contributed by atoms with Gasteiger partial charge >= 0.3 is 0 Å². The van der Waals surface area contributed by atoms with Gasteiger partial charge < -0.3 is 5.32 Å². The molecule has 0 saturated carbocycles. The number of hydrogen-bond donors (Lipinski definition) is 1. The van der Waals surface area contributed by atoms with E-state index in [1.54, 1.807) is 17.5 Å². The summed E-state index contributed by atoms with van der Waals surface area (Å²) in [6.45, 7) is 0.843. The largest absolute Gasteiger partial charge is 0.365 e. The van der Waals surface area contributed by atoms with Crippen LogP contribution in [0.5, 0.6) is 0 Å². The van der Waals surface area contributed by atoms with E-state index < -0.39 is 0 Å². The molecule has 0 aliphatic carbocycles. The molecule has 14 heavy (non-hydrogen) atoms. The van der Waals surface area contributed by atoms with Crippen molar-refractivity contribution in [2.45, 2.75) is 6.54 Å². The quantitative estimate of drug-likeness (QED) is 0.931. The van der Waals surface area contributed by atoms with E-state index >= 15 is 0 Å². The van der Waals surface area contributed by atoms with Gasteiger partial charge in [0.15, 0.2) is 0 Å². The van der Waals surface area contributed by atoms with Crippen LogP contribution in [0, 0.1) is 0 Å². The van der Waals surface area contributed by atoms with Crippen LogP contribution in [0.25, 0.3) is 0 Å². The van der Waals surface area contributed by atoms with Crippen molar-refractivity contribution in [1.29, 1.82) is 0 Å². The van der Waals surface area contributed by atoms with Crippen molar-refractivity contribution >= 4 is 33.1 Å². The summed E-state index contributed by atoms with van der Waals surface area (Å²) >= 11 is 5.18. The third kappa shape index (κ3) is 2.16. The number of nitrogens with one attached hydrogen (secondary N) is 1. The maximum absolute atomic E-state index is 4.08. The second-order valence-electron chi connectivity index (χ2n) is 2.90. The predicted molar refractivity (Wildman–Crippen MR) is 62.6 cm³/mol. The zero-order valence-corrected chi connectivity index (χ0v) is 10.1.